The van der Waals surface area contributed by atoms with Gasteiger partial charge in [-0.05, 0) is 69.1 Å². The normalized spacial score (nSPS) is 37.0. The van der Waals surface area contributed by atoms with Gasteiger partial charge in [0.05, 0.1) is 0 Å². The third-order valence-corrected chi connectivity index (χ3v) is 6.73. The zero-order chi connectivity index (χ0) is 16.1. The van der Waals surface area contributed by atoms with Crippen LogP contribution in [0, 0.1) is 17.8 Å². The van der Waals surface area contributed by atoms with E-state index in [1.165, 1.54) is 51.4 Å². The second-order valence-electron chi connectivity index (χ2n) is 8.61. The van der Waals surface area contributed by atoms with Crippen LogP contribution < -0.4 is 10.2 Å². The highest BCUT2D eigenvalue weighted by atomic mass is 16.2. The summed E-state index contributed by atoms with van der Waals surface area (Å²) in [7, 11) is 0. The van der Waals surface area contributed by atoms with E-state index < -0.39 is 0 Å². The monoisotopic (exact) mass is 326 g/mol. The molecule has 4 bridgehead atoms. The maximum atomic E-state index is 12.9. The number of hydrogen-bond donors (Lipinski definition) is 1. The van der Waals surface area contributed by atoms with Crippen LogP contribution in [0.25, 0.3) is 0 Å². The van der Waals surface area contributed by atoms with Crippen molar-refractivity contribution in [1.82, 2.24) is 15.3 Å². The zero-order valence-electron chi connectivity index (χ0n) is 14.2. The molecule has 0 spiro atoms. The SMILES string of the molecule is O=C(NC12CC3CC(CC(C3)C1)C2)c1cc(N2CCCC2)ncn1. The molecule has 0 radical (unpaired) electrons. The minimum Gasteiger partial charge on any atom is -0.357 e. The van der Waals surface area contributed by atoms with Crippen molar-refractivity contribution in [2.24, 2.45) is 17.8 Å². The molecule has 5 fully saturated rings. The van der Waals surface area contributed by atoms with Crippen molar-refractivity contribution >= 4 is 11.7 Å². The van der Waals surface area contributed by atoms with E-state index in [9.17, 15) is 4.79 Å². The van der Waals surface area contributed by atoms with E-state index in [1.54, 1.807) is 6.33 Å². The largest absolute Gasteiger partial charge is 0.357 e. The Hall–Kier alpha value is -1.65. The second-order valence-corrected chi connectivity index (χ2v) is 8.61. The number of nitrogens with zero attached hydrogens (tertiary/aromatic N) is 3. The van der Waals surface area contributed by atoms with Gasteiger partial charge in [-0.1, -0.05) is 0 Å². The van der Waals surface area contributed by atoms with Crippen molar-refractivity contribution in [2.75, 3.05) is 18.0 Å². The molecule has 0 unspecified atom stereocenters. The van der Waals surface area contributed by atoms with Crippen LogP contribution in [0.2, 0.25) is 0 Å². The van der Waals surface area contributed by atoms with Gasteiger partial charge in [0.25, 0.3) is 5.91 Å². The van der Waals surface area contributed by atoms with Gasteiger partial charge in [0.15, 0.2) is 0 Å². The summed E-state index contributed by atoms with van der Waals surface area (Å²) in [6.45, 7) is 2.07. The van der Waals surface area contributed by atoms with Crippen molar-refractivity contribution in [2.45, 2.75) is 56.9 Å². The van der Waals surface area contributed by atoms with Gasteiger partial charge in [0.2, 0.25) is 0 Å². The van der Waals surface area contributed by atoms with Gasteiger partial charge in [-0.2, -0.15) is 0 Å². The fraction of sp³-hybridized carbons (Fsp3) is 0.737. The van der Waals surface area contributed by atoms with E-state index in [1.807, 2.05) is 6.07 Å². The lowest BCUT2D eigenvalue weighted by Crippen LogP contribution is -2.59. The summed E-state index contributed by atoms with van der Waals surface area (Å²) in [4.78, 5) is 23.8. The summed E-state index contributed by atoms with van der Waals surface area (Å²) in [5.74, 6) is 3.41. The molecule has 1 aromatic heterocycles. The van der Waals surface area contributed by atoms with Gasteiger partial charge in [-0.3, -0.25) is 4.79 Å². The van der Waals surface area contributed by atoms with Crippen LogP contribution in [0.4, 0.5) is 5.82 Å². The Kier molecular flexibility index (Phi) is 3.32. The quantitative estimate of drug-likeness (QED) is 0.928. The Morgan fingerprint density at radius 2 is 1.67 bits per heavy atom. The van der Waals surface area contributed by atoms with Crippen LogP contribution in [-0.4, -0.2) is 34.5 Å². The first-order valence-corrected chi connectivity index (χ1v) is 9.59. The molecule has 5 nitrogen and oxygen atoms in total. The van der Waals surface area contributed by atoms with Crippen LogP contribution in [0.15, 0.2) is 12.4 Å². The molecular formula is C19H26N4O. The first kappa shape index (κ1) is 14.7. The van der Waals surface area contributed by atoms with Crippen molar-refractivity contribution in [3.63, 3.8) is 0 Å². The van der Waals surface area contributed by atoms with Gasteiger partial charge >= 0.3 is 0 Å². The zero-order valence-corrected chi connectivity index (χ0v) is 14.2. The van der Waals surface area contributed by atoms with Gasteiger partial charge in [-0.25, -0.2) is 9.97 Å². The first-order chi connectivity index (χ1) is 11.7. The Morgan fingerprint density at radius 3 is 2.29 bits per heavy atom. The third-order valence-electron chi connectivity index (χ3n) is 6.73. The highest BCUT2D eigenvalue weighted by Gasteiger charge is 2.51. The molecule has 24 heavy (non-hydrogen) atoms. The Morgan fingerprint density at radius 1 is 1.04 bits per heavy atom. The highest BCUT2D eigenvalue weighted by molar-refractivity contribution is 5.93. The highest BCUT2D eigenvalue weighted by Crippen LogP contribution is 2.55. The maximum Gasteiger partial charge on any atom is 0.270 e. The molecule has 128 valence electrons. The van der Waals surface area contributed by atoms with Crippen LogP contribution >= 0.6 is 0 Å². The number of nitrogens with one attached hydrogen (secondary N) is 1. The number of anilines is 1. The maximum absolute atomic E-state index is 12.9. The molecule has 6 rings (SSSR count). The number of hydrogen-bond acceptors (Lipinski definition) is 4. The van der Waals surface area contributed by atoms with Crippen molar-refractivity contribution in [3.8, 4) is 0 Å². The Balaban J connectivity index is 1.34. The van der Waals surface area contributed by atoms with Gasteiger partial charge in [-0.15, -0.1) is 0 Å². The molecule has 1 aliphatic heterocycles. The number of carbonyl (C=O) groups is 1. The molecule has 5 heteroatoms. The number of amides is 1. The summed E-state index contributed by atoms with van der Waals surface area (Å²) in [6, 6.07) is 1.88. The molecule has 1 amide bonds. The van der Waals surface area contributed by atoms with Crippen molar-refractivity contribution in [3.05, 3.63) is 18.1 Å². The molecule has 1 saturated heterocycles. The molecule has 4 aliphatic carbocycles. The van der Waals surface area contributed by atoms with E-state index in [4.69, 9.17) is 0 Å². The minimum atomic E-state index is -0.000188. The predicted molar refractivity (Wildman–Crippen MR) is 91.8 cm³/mol. The number of carbonyl (C=O) groups excluding carboxylic acids is 1. The number of aromatic nitrogens is 2. The van der Waals surface area contributed by atoms with Crippen molar-refractivity contribution < 1.29 is 4.79 Å². The molecule has 1 N–H and O–H groups in total. The van der Waals surface area contributed by atoms with E-state index in [0.717, 1.165) is 36.7 Å². The van der Waals surface area contributed by atoms with E-state index in [2.05, 4.69) is 20.2 Å². The fourth-order valence-corrected chi connectivity index (χ4v) is 6.16. The Bertz CT molecular complexity index is 617. The average Bonchev–Trinajstić information content (AvgIpc) is 3.07. The lowest BCUT2D eigenvalue weighted by atomic mass is 9.53. The van der Waals surface area contributed by atoms with Gasteiger partial charge in [0.1, 0.15) is 17.8 Å². The molecule has 0 atom stereocenters. The molecule has 5 aliphatic rings. The van der Waals surface area contributed by atoms with Gasteiger partial charge < -0.3 is 10.2 Å². The summed E-state index contributed by atoms with van der Waals surface area (Å²) in [6.07, 6.45) is 11.7. The average molecular weight is 326 g/mol. The predicted octanol–water partition coefficient (Wildman–Crippen LogP) is 2.78. The molecule has 0 aromatic carbocycles. The van der Waals surface area contributed by atoms with Crippen molar-refractivity contribution in [1.29, 1.82) is 0 Å². The van der Waals surface area contributed by atoms with Crippen LogP contribution in [0.3, 0.4) is 0 Å². The standard InChI is InChI=1S/C19H26N4O/c24-18(16-8-17(21-12-20-16)23-3-1-2-4-23)22-19-9-13-5-14(10-19)7-15(6-13)11-19/h8,12-15H,1-7,9-11H2,(H,22,24). The van der Waals surface area contributed by atoms with E-state index >= 15 is 0 Å². The van der Waals surface area contributed by atoms with E-state index in [-0.39, 0.29) is 11.4 Å². The summed E-state index contributed by atoms with van der Waals surface area (Å²) in [5.41, 5.74) is 0.576. The molecular weight excluding hydrogens is 300 g/mol. The summed E-state index contributed by atoms with van der Waals surface area (Å²) in [5, 5.41) is 3.41. The third kappa shape index (κ3) is 2.49. The van der Waals surface area contributed by atoms with Crippen LogP contribution in [-0.2, 0) is 0 Å². The van der Waals surface area contributed by atoms with Gasteiger partial charge in [0, 0.05) is 24.7 Å². The fourth-order valence-electron chi connectivity index (χ4n) is 6.16. The topological polar surface area (TPSA) is 58.1 Å². The Labute approximate surface area is 143 Å². The second kappa shape index (κ2) is 5.43. The van der Waals surface area contributed by atoms with E-state index in [0.29, 0.717) is 5.69 Å². The number of rotatable bonds is 3. The lowest BCUT2D eigenvalue weighted by molar-refractivity contribution is -0.0167. The molecule has 2 heterocycles. The van der Waals surface area contributed by atoms with Crippen LogP contribution in [0.5, 0.6) is 0 Å². The van der Waals surface area contributed by atoms with Crippen LogP contribution in [0.1, 0.15) is 61.9 Å². The molecule has 4 saturated carbocycles. The smallest absolute Gasteiger partial charge is 0.270 e. The molecule has 1 aromatic rings. The minimum absolute atomic E-state index is 0.000188. The lowest BCUT2D eigenvalue weighted by Gasteiger charge is -2.56. The first-order valence-electron chi connectivity index (χ1n) is 9.59. The summed E-state index contributed by atoms with van der Waals surface area (Å²) >= 11 is 0. The summed E-state index contributed by atoms with van der Waals surface area (Å²) < 4.78 is 0.